The topological polar surface area (TPSA) is 0 Å². The molecule has 25 heavy (non-hydrogen) atoms. The smallest absolute Gasteiger partial charge is 1.00 e. The summed E-state index contributed by atoms with van der Waals surface area (Å²) in [5.74, 6) is 2.50. The molecule has 0 saturated heterocycles. The van der Waals surface area contributed by atoms with E-state index in [4.69, 9.17) is 0 Å². The molecule has 0 aromatic carbocycles. The molecule has 4 heteroatoms. The predicted molar refractivity (Wildman–Crippen MR) is 97.7 cm³/mol. The average Bonchev–Trinajstić information content (AvgIpc) is 3.09. The summed E-state index contributed by atoms with van der Waals surface area (Å²) in [6.07, 6.45) is 20.2. The summed E-state index contributed by atoms with van der Waals surface area (Å²) < 4.78 is 0.902. The first kappa shape index (κ1) is 21.8. The van der Waals surface area contributed by atoms with Crippen molar-refractivity contribution in [2.75, 3.05) is 0 Å². The van der Waals surface area contributed by atoms with Crippen LogP contribution in [-0.4, -0.2) is 13.6 Å². The molecule has 4 aliphatic carbocycles. The maximum atomic E-state index is 2.57. The summed E-state index contributed by atoms with van der Waals surface area (Å²) >= 11 is 1.32. The van der Waals surface area contributed by atoms with Gasteiger partial charge < -0.3 is 24.8 Å². The minimum absolute atomic E-state index is 0. The van der Waals surface area contributed by atoms with Gasteiger partial charge in [0.1, 0.15) is 0 Å². The molecular weight excluding hydrogens is 530 g/mol. The van der Waals surface area contributed by atoms with E-state index >= 15 is 0 Å². The van der Waals surface area contributed by atoms with Crippen molar-refractivity contribution in [3.8, 4) is 0 Å². The summed E-state index contributed by atoms with van der Waals surface area (Å²) in [4.78, 5) is 0. The van der Waals surface area contributed by atoms with Gasteiger partial charge in [0.2, 0.25) is 0 Å². The van der Waals surface area contributed by atoms with Crippen LogP contribution in [-0.2, 0) is 24.4 Å². The van der Waals surface area contributed by atoms with E-state index in [0.29, 0.717) is 5.41 Å². The number of fused-ring (bicyclic) bond motifs is 3. The molecule has 0 spiro atoms. The molecule has 0 radical (unpaired) electrons. The Morgan fingerprint density at radius 1 is 1.12 bits per heavy atom. The van der Waals surface area contributed by atoms with Gasteiger partial charge in [-0.15, -0.1) is 0 Å². The minimum atomic E-state index is -0.351. The normalized spacial score (nSPS) is 38.2. The van der Waals surface area contributed by atoms with Crippen molar-refractivity contribution in [2.24, 2.45) is 23.2 Å². The van der Waals surface area contributed by atoms with E-state index in [2.05, 4.69) is 56.5 Å². The molecule has 2 fully saturated rings. The van der Waals surface area contributed by atoms with Crippen molar-refractivity contribution in [1.29, 1.82) is 0 Å². The van der Waals surface area contributed by atoms with E-state index < -0.39 is 0 Å². The zero-order chi connectivity index (χ0) is 16.2. The van der Waals surface area contributed by atoms with Crippen LogP contribution in [0.25, 0.3) is 0 Å². The fourth-order valence-electron chi connectivity index (χ4n) is 6.12. The van der Waals surface area contributed by atoms with Crippen molar-refractivity contribution in [1.82, 2.24) is 0 Å². The second-order valence-electron chi connectivity index (χ2n) is 8.02. The molecule has 0 N–H and O–H groups in total. The number of hydrogen-bond donors (Lipinski definition) is 0. The first-order valence-corrected chi connectivity index (χ1v) is 13.8. The van der Waals surface area contributed by atoms with Crippen molar-refractivity contribution in [2.45, 2.75) is 49.4 Å². The molecule has 4 aliphatic rings. The Bertz CT molecular complexity index is 680. The Labute approximate surface area is 181 Å². The third-order valence-electron chi connectivity index (χ3n) is 6.86. The Kier molecular flexibility index (Phi) is 7.19. The van der Waals surface area contributed by atoms with Crippen molar-refractivity contribution < 1.29 is 49.2 Å². The van der Waals surface area contributed by atoms with Crippen LogP contribution in [0.15, 0.2) is 47.6 Å². The first-order valence-electron chi connectivity index (χ1n) is 9.18. The zero-order valence-corrected chi connectivity index (χ0v) is 21.5. The first-order chi connectivity index (χ1) is 11.1. The van der Waals surface area contributed by atoms with E-state index in [-0.39, 0.29) is 33.2 Å². The van der Waals surface area contributed by atoms with Crippen LogP contribution in [0, 0.1) is 23.2 Å². The molecule has 5 atom stereocenters. The van der Waals surface area contributed by atoms with Gasteiger partial charge in [0, 0.05) is 0 Å². The maximum absolute atomic E-state index is 2.57. The van der Waals surface area contributed by atoms with Crippen molar-refractivity contribution in [3.63, 3.8) is 0 Å². The molecule has 2 saturated carbocycles. The summed E-state index contributed by atoms with van der Waals surface area (Å²) in [5, 5.41) is 2.01. The number of hydrogen-bond acceptors (Lipinski definition) is 0. The number of rotatable bonds is 1. The largest absolute Gasteiger partial charge is 1.00 e. The molecule has 0 nitrogen and oxygen atoms in total. The fraction of sp³-hybridized carbons (Fsp3) is 0.571. The minimum Gasteiger partial charge on any atom is -1.00 e. The fourth-order valence-corrected chi connectivity index (χ4v) is 11.9. The third kappa shape index (κ3) is 3.08. The average molecular weight is 557 g/mol. The van der Waals surface area contributed by atoms with Gasteiger partial charge in [0.05, 0.1) is 0 Å². The predicted octanol–water partition coefficient (Wildman–Crippen LogP) is -0.727. The Hall–Kier alpha value is 0.497. The van der Waals surface area contributed by atoms with E-state index in [1.807, 2.05) is 10.7 Å². The summed E-state index contributed by atoms with van der Waals surface area (Å²) in [6.45, 7) is 7.51. The monoisotopic (exact) mass is 557 g/mol. The molecule has 4 rings (SSSR count). The van der Waals surface area contributed by atoms with E-state index in [1.54, 1.807) is 5.57 Å². The van der Waals surface area contributed by atoms with Gasteiger partial charge in [-0.1, -0.05) is 0 Å². The van der Waals surface area contributed by atoms with Crippen LogP contribution in [0.4, 0.5) is 0 Å². The van der Waals surface area contributed by atoms with Crippen LogP contribution >= 0.6 is 0 Å². The molecule has 0 aliphatic heterocycles. The SMILES string of the molecule is CC1=C(C23C(=[Si](C)C)CCCC2C2C=CC=CC2[CH]3[Hf+2])CC=C1.[Cl-].[Cl-]. The molecule has 0 aromatic heterocycles. The van der Waals surface area contributed by atoms with Crippen molar-refractivity contribution >= 4 is 13.6 Å². The molecule has 0 heterocycles. The van der Waals surface area contributed by atoms with Crippen LogP contribution in [0.5, 0.6) is 0 Å². The number of halogens is 2. The van der Waals surface area contributed by atoms with E-state index in [1.165, 1.54) is 50.1 Å². The Morgan fingerprint density at radius 2 is 1.80 bits per heavy atom. The van der Waals surface area contributed by atoms with E-state index in [9.17, 15) is 0 Å². The molecule has 0 bridgehead atoms. The van der Waals surface area contributed by atoms with Gasteiger partial charge in [-0.05, 0) is 0 Å². The summed E-state index contributed by atoms with van der Waals surface area (Å²) in [7, 11) is -0.351. The van der Waals surface area contributed by atoms with Crippen LogP contribution in [0.1, 0.15) is 32.6 Å². The zero-order valence-electron chi connectivity index (χ0n) is 15.4. The second-order valence-corrected chi connectivity index (χ2v) is 12.9. The summed E-state index contributed by atoms with van der Waals surface area (Å²) in [5.41, 5.74) is 3.90. The van der Waals surface area contributed by atoms with Crippen LogP contribution < -0.4 is 24.8 Å². The Balaban J connectivity index is 0.00000113. The maximum Gasteiger partial charge on any atom is -1.00 e. The summed E-state index contributed by atoms with van der Waals surface area (Å²) in [6, 6.07) is 0. The van der Waals surface area contributed by atoms with Gasteiger partial charge >= 0.3 is 158 Å². The van der Waals surface area contributed by atoms with Crippen molar-refractivity contribution in [3.05, 3.63) is 47.6 Å². The molecule has 0 amide bonds. The van der Waals surface area contributed by atoms with Gasteiger partial charge in [-0.3, -0.25) is 0 Å². The van der Waals surface area contributed by atoms with Gasteiger partial charge in [-0.25, -0.2) is 0 Å². The van der Waals surface area contributed by atoms with Gasteiger partial charge in [0.15, 0.2) is 0 Å². The van der Waals surface area contributed by atoms with Gasteiger partial charge in [0.25, 0.3) is 0 Å². The molecule has 0 aromatic rings. The second kappa shape index (κ2) is 8.25. The molecular formula is C21H27Cl2HfSi. The quantitative estimate of drug-likeness (QED) is 0.374. The van der Waals surface area contributed by atoms with Crippen LogP contribution in [0.3, 0.4) is 0 Å². The standard InChI is InChI=1S/C21H27Si.2ClH.Hf/c1-15-8-6-11-18(15)21-14-16-9-4-5-10-17(16)19(21)12-7-13-20(21)22(2)3;;;/h4-6,8-10,14,16-17,19H,7,11-13H2,1-3H3;2*1H;/q;;;+2/p-2. The third-order valence-corrected chi connectivity index (χ3v) is 11.7. The van der Waals surface area contributed by atoms with E-state index in [0.717, 1.165) is 21.4 Å². The number of allylic oxidation sites excluding steroid dienone is 8. The molecule has 5 unspecified atom stereocenters. The van der Waals surface area contributed by atoms with Crippen LogP contribution in [0.2, 0.25) is 16.8 Å². The molecule has 133 valence electrons. The van der Waals surface area contributed by atoms with Gasteiger partial charge in [-0.2, -0.15) is 0 Å². The Morgan fingerprint density at radius 3 is 2.40 bits per heavy atom.